The number of para-hydroxylation sites is 1. The highest BCUT2D eigenvalue weighted by molar-refractivity contribution is 6.00. The molecular formula is C33H27FN6O4. The number of nitrogens with zero attached hydrogens (tertiary/aromatic N) is 5. The smallest absolute Gasteiger partial charge is 0.254 e. The van der Waals surface area contributed by atoms with E-state index in [1.165, 1.54) is 18.5 Å². The van der Waals surface area contributed by atoms with E-state index in [2.05, 4.69) is 9.97 Å². The van der Waals surface area contributed by atoms with Gasteiger partial charge in [0, 0.05) is 24.2 Å². The van der Waals surface area contributed by atoms with Crippen molar-refractivity contribution in [3.63, 3.8) is 0 Å². The van der Waals surface area contributed by atoms with Crippen molar-refractivity contribution in [2.24, 2.45) is 0 Å². The summed E-state index contributed by atoms with van der Waals surface area (Å²) in [5.74, 6) is -0.0935. The van der Waals surface area contributed by atoms with Crippen molar-refractivity contribution in [1.29, 1.82) is 0 Å². The maximum Gasteiger partial charge on any atom is 0.254 e. The number of carbonyl (C=O) groups excluding carboxylic acids is 1. The molecule has 2 N–H and O–H groups in total. The standard InChI is InChI=1S/C33H27FN6O4/c1-19(30-26(20-6-5-9-23(34)17-20)29(41)24-10-2-3-11-25(24)44-30)40-32-27(31(35)36-18-37-32)28(38-40)21-7-4-8-22(16-21)33(42)39-12-14-43-15-13-39/h2-11,16-19H,12-15H2,1H3,(H2,35,36,37). The number of benzene rings is 3. The monoisotopic (exact) mass is 590 g/mol. The van der Waals surface area contributed by atoms with Gasteiger partial charge < -0.3 is 19.8 Å². The summed E-state index contributed by atoms with van der Waals surface area (Å²) >= 11 is 0. The molecule has 0 saturated carbocycles. The number of ether oxygens (including phenoxy) is 1. The number of hydrogen-bond acceptors (Lipinski definition) is 8. The van der Waals surface area contributed by atoms with Crippen molar-refractivity contribution in [3.05, 3.63) is 106 Å². The lowest BCUT2D eigenvalue weighted by molar-refractivity contribution is 0.0303. The minimum atomic E-state index is -0.686. The van der Waals surface area contributed by atoms with Gasteiger partial charge in [-0.25, -0.2) is 19.0 Å². The Morgan fingerprint density at radius 2 is 1.75 bits per heavy atom. The van der Waals surface area contributed by atoms with Crippen LogP contribution in [0, 0.1) is 5.82 Å². The fourth-order valence-corrected chi connectivity index (χ4v) is 5.70. The van der Waals surface area contributed by atoms with Crippen molar-refractivity contribution in [2.45, 2.75) is 13.0 Å². The van der Waals surface area contributed by atoms with E-state index in [-0.39, 0.29) is 28.5 Å². The van der Waals surface area contributed by atoms with Gasteiger partial charge in [0.25, 0.3) is 5.91 Å². The molecule has 7 rings (SSSR count). The van der Waals surface area contributed by atoms with Crippen LogP contribution in [0.15, 0.2) is 88.3 Å². The molecule has 1 aliphatic heterocycles. The van der Waals surface area contributed by atoms with Gasteiger partial charge in [0.15, 0.2) is 5.65 Å². The molecule has 0 spiro atoms. The summed E-state index contributed by atoms with van der Waals surface area (Å²) in [5, 5.41) is 5.79. The van der Waals surface area contributed by atoms with E-state index in [0.717, 1.165) is 0 Å². The molecule has 1 aliphatic rings. The third-order valence-electron chi connectivity index (χ3n) is 7.88. The van der Waals surface area contributed by atoms with Crippen LogP contribution in [0.3, 0.4) is 0 Å². The first-order valence-electron chi connectivity index (χ1n) is 14.2. The Bertz CT molecular complexity index is 2120. The van der Waals surface area contributed by atoms with Gasteiger partial charge in [-0.1, -0.05) is 36.4 Å². The number of carbonyl (C=O) groups is 1. The van der Waals surface area contributed by atoms with E-state index >= 15 is 0 Å². The van der Waals surface area contributed by atoms with Crippen LogP contribution in [0.4, 0.5) is 10.2 Å². The lowest BCUT2D eigenvalue weighted by Crippen LogP contribution is -2.40. The average molecular weight is 591 g/mol. The predicted molar refractivity (Wildman–Crippen MR) is 164 cm³/mol. The zero-order valence-corrected chi connectivity index (χ0v) is 23.7. The van der Waals surface area contributed by atoms with Gasteiger partial charge in [0.1, 0.15) is 41.0 Å². The predicted octanol–water partition coefficient (Wildman–Crippen LogP) is 5.07. The molecule has 44 heavy (non-hydrogen) atoms. The van der Waals surface area contributed by atoms with E-state index < -0.39 is 11.9 Å². The molecule has 0 radical (unpaired) electrons. The first-order chi connectivity index (χ1) is 21.4. The molecular weight excluding hydrogens is 563 g/mol. The maximum atomic E-state index is 14.4. The number of morpholine rings is 1. The molecule has 3 aromatic carbocycles. The Kier molecular flexibility index (Phi) is 6.86. The molecule has 10 nitrogen and oxygen atoms in total. The number of nitrogen functional groups attached to an aromatic ring is 1. The average Bonchev–Trinajstić information content (AvgIpc) is 3.45. The van der Waals surface area contributed by atoms with Crippen LogP contribution >= 0.6 is 0 Å². The van der Waals surface area contributed by atoms with E-state index in [0.29, 0.717) is 70.7 Å². The normalized spacial score (nSPS) is 14.3. The van der Waals surface area contributed by atoms with Gasteiger partial charge in [-0.15, -0.1) is 0 Å². The van der Waals surface area contributed by atoms with Crippen molar-refractivity contribution in [3.8, 4) is 22.4 Å². The second-order valence-electron chi connectivity index (χ2n) is 10.6. The molecule has 11 heteroatoms. The third-order valence-corrected chi connectivity index (χ3v) is 7.88. The SMILES string of the molecule is CC(c1oc2ccccc2c(=O)c1-c1cccc(F)c1)n1nc(-c2cccc(C(=O)N3CCOCC3)c2)c2c(N)ncnc21. The van der Waals surface area contributed by atoms with Gasteiger partial charge in [-0.2, -0.15) is 5.10 Å². The number of halogens is 1. The molecule has 0 bridgehead atoms. The fraction of sp³-hybridized carbons (Fsp3) is 0.182. The molecule has 6 aromatic rings. The van der Waals surface area contributed by atoms with Crippen LogP contribution in [-0.2, 0) is 4.74 Å². The summed E-state index contributed by atoms with van der Waals surface area (Å²) < 4.78 is 27.8. The van der Waals surface area contributed by atoms with Crippen LogP contribution in [0.25, 0.3) is 44.4 Å². The molecule has 0 aliphatic carbocycles. The Morgan fingerprint density at radius 3 is 2.57 bits per heavy atom. The third kappa shape index (κ3) is 4.67. The minimum Gasteiger partial charge on any atom is -0.458 e. The van der Waals surface area contributed by atoms with Gasteiger partial charge in [0.05, 0.1) is 29.5 Å². The van der Waals surface area contributed by atoms with Gasteiger partial charge in [-0.3, -0.25) is 9.59 Å². The number of amides is 1. The Hall–Kier alpha value is -5.42. The van der Waals surface area contributed by atoms with Crippen LogP contribution in [0.5, 0.6) is 0 Å². The van der Waals surface area contributed by atoms with E-state index in [1.54, 1.807) is 64.2 Å². The molecule has 1 saturated heterocycles. The number of anilines is 1. The largest absolute Gasteiger partial charge is 0.458 e. The number of rotatable bonds is 5. The summed E-state index contributed by atoms with van der Waals surface area (Å²) in [4.78, 5) is 37.6. The van der Waals surface area contributed by atoms with E-state index in [9.17, 15) is 14.0 Å². The highest BCUT2D eigenvalue weighted by atomic mass is 19.1. The Morgan fingerprint density at radius 1 is 0.977 bits per heavy atom. The number of fused-ring (bicyclic) bond motifs is 2. The highest BCUT2D eigenvalue weighted by Gasteiger charge is 2.27. The van der Waals surface area contributed by atoms with Crippen LogP contribution in [-0.4, -0.2) is 56.9 Å². The van der Waals surface area contributed by atoms with Crippen molar-refractivity contribution in [2.75, 3.05) is 32.0 Å². The van der Waals surface area contributed by atoms with E-state index in [4.69, 9.17) is 20.0 Å². The summed E-state index contributed by atoms with van der Waals surface area (Å²) in [6, 6.07) is 19.3. The highest BCUT2D eigenvalue weighted by Crippen LogP contribution is 2.36. The second kappa shape index (κ2) is 11.0. The molecule has 220 valence electrons. The first kappa shape index (κ1) is 27.4. The topological polar surface area (TPSA) is 129 Å². The fourth-order valence-electron chi connectivity index (χ4n) is 5.70. The summed E-state index contributed by atoms with van der Waals surface area (Å²) in [5.41, 5.74) is 9.12. The number of hydrogen-bond donors (Lipinski definition) is 1. The molecule has 1 amide bonds. The zero-order chi connectivity index (χ0) is 30.4. The van der Waals surface area contributed by atoms with E-state index in [1.807, 2.05) is 13.0 Å². The summed E-state index contributed by atoms with van der Waals surface area (Å²) in [7, 11) is 0. The maximum absolute atomic E-state index is 14.4. The summed E-state index contributed by atoms with van der Waals surface area (Å²) in [6.45, 7) is 3.85. The molecule has 3 aromatic heterocycles. The molecule has 1 fully saturated rings. The Balaban J connectivity index is 1.40. The van der Waals surface area contributed by atoms with Crippen LogP contribution in [0.2, 0.25) is 0 Å². The van der Waals surface area contributed by atoms with Gasteiger partial charge >= 0.3 is 0 Å². The van der Waals surface area contributed by atoms with Gasteiger partial charge in [-0.05, 0) is 48.9 Å². The van der Waals surface area contributed by atoms with Crippen molar-refractivity contribution in [1.82, 2.24) is 24.6 Å². The van der Waals surface area contributed by atoms with Crippen molar-refractivity contribution >= 4 is 33.7 Å². The number of nitrogens with two attached hydrogens (primary N) is 1. The number of aromatic nitrogens is 4. The second-order valence-corrected chi connectivity index (χ2v) is 10.6. The van der Waals surface area contributed by atoms with Crippen LogP contribution < -0.4 is 11.2 Å². The summed E-state index contributed by atoms with van der Waals surface area (Å²) in [6.07, 6.45) is 1.34. The Labute approximate surface area is 250 Å². The lowest BCUT2D eigenvalue weighted by atomic mass is 9.99. The zero-order valence-electron chi connectivity index (χ0n) is 23.7. The van der Waals surface area contributed by atoms with Gasteiger partial charge in [0.2, 0.25) is 5.43 Å². The van der Waals surface area contributed by atoms with Crippen LogP contribution in [0.1, 0.15) is 29.1 Å². The van der Waals surface area contributed by atoms with Crippen molar-refractivity contribution < 1.29 is 18.3 Å². The molecule has 4 heterocycles. The molecule has 1 atom stereocenters. The minimum absolute atomic E-state index is 0.103. The first-order valence-corrected chi connectivity index (χ1v) is 14.2. The quantitative estimate of drug-likeness (QED) is 0.295. The lowest BCUT2D eigenvalue weighted by Gasteiger charge is -2.27. The molecule has 1 unspecified atom stereocenters.